The maximum atomic E-state index is 6.41. The lowest BCUT2D eigenvalue weighted by Crippen LogP contribution is -2.01. The molecule has 0 spiro atoms. The molecule has 0 fully saturated rings. The van der Waals surface area contributed by atoms with Crippen molar-refractivity contribution in [3.63, 3.8) is 0 Å². The lowest BCUT2D eigenvalue weighted by molar-refractivity contribution is 0.365. The molecule has 2 nitrogen and oxygen atoms in total. The first kappa shape index (κ1) is 23.9. The van der Waals surface area contributed by atoms with Crippen LogP contribution < -0.4 is 9.47 Å². The Labute approximate surface area is 193 Å². The first-order chi connectivity index (χ1) is 15.7. The number of allylic oxidation sites excluding steroid dienone is 2. The van der Waals surface area contributed by atoms with E-state index in [1.807, 2.05) is 0 Å². The number of ether oxygens (including phenoxy) is 2. The summed E-state index contributed by atoms with van der Waals surface area (Å²) in [7, 11) is 0. The van der Waals surface area contributed by atoms with Gasteiger partial charge in [-0.3, -0.25) is 0 Å². The van der Waals surface area contributed by atoms with Crippen LogP contribution in [0.1, 0.15) is 64.5 Å². The summed E-state index contributed by atoms with van der Waals surface area (Å²) >= 11 is 0. The highest BCUT2D eigenvalue weighted by atomic mass is 16.5. The van der Waals surface area contributed by atoms with E-state index < -0.39 is 0 Å². The van der Waals surface area contributed by atoms with Gasteiger partial charge < -0.3 is 9.47 Å². The first-order valence-corrected chi connectivity index (χ1v) is 12.3. The van der Waals surface area contributed by atoms with Crippen LogP contribution in [0.3, 0.4) is 0 Å². The highest BCUT2D eigenvalue weighted by Gasteiger charge is 2.17. The van der Waals surface area contributed by atoms with E-state index in [1.165, 1.54) is 11.1 Å². The van der Waals surface area contributed by atoms with Gasteiger partial charge in [-0.05, 0) is 48.9 Å². The average Bonchev–Trinajstić information content (AvgIpc) is 2.83. The van der Waals surface area contributed by atoms with Crippen LogP contribution in [-0.4, -0.2) is 13.2 Å². The number of aryl methyl sites for hydroxylation is 2. The van der Waals surface area contributed by atoms with Crippen LogP contribution in [0.15, 0.2) is 60.7 Å². The largest absolute Gasteiger partial charge is 0.488 e. The minimum absolute atomic E-state index is 0.579. The van der Waals surface area contributed by atoms with Crippen molar-refractivity contribution >= 4 is 21.5 Å². The van der Waals surface area contributed by atoms with Gasteiger partial charge in [-0.2, -0.15) is 0 Å². The average molecular weight is 431 g/mol. The zero-order valence-corrected chi connectivity index (χ0v) is 20.2. The van der Waals surface area contributed by atoms with E-state index in [2.05, 4.69) is 88.4 Å². The molecule has 0 atom stereocenters. The van der Waals surface area contributed by atoms with Crippen molar-refractivity contribution in [2.24, 2.45) is 0 Å². The minimum atomic E-state index is 0.579. The van der Waals surface area contributed by atoms with Crippen molar-refractivity contribution in [1.82, 2.24) is 0 Å². The molecule has 0 heterocycles. The smallest absolute Gasteiger partial charge is 0.135 e. The molecule has 0 aliphatic heterocycles. The highest BCUT2D eigenvalue weighted by molar-refractivity contribution is 6.11. The second-order valence-corrected chi connectivity index (χ2v) is 8.22. The molecule has 0 aliphatic rings. The molecular formula is C30H38O2. The Morgan fingerprint density at radius 3 is 1.41 bits per heavy atom. The Hall–Kier alpha value is -2.74. The standard InChI is InChI=1S/C30H38O2/c1-5-9-11-15-19-31-29-25-17-13-14-18-26(25)30(32-20-16-12-10-6-2)28-22-24(8-4)23(7-3)21-27(28)29/h11-18,21-22H,5-10,19-20H2,1-4H3/b15-11+,16-12+. The van der Waals surface area contributed by atoms with E-state index in [-0.39, 0.29) is 0 Å². The van der Waals surface area contributed by atoms with Crippen LogP contribution in [0.2, 0.25) is 0 Å². The normalized spacial score (nSPS) is 11.9. The minimum Gasteiger partial charge on any atom is -0.488 e. The first-order valence-electron chi connectivity index (χ1n) is 12.3. The van der Waals surface area contributed by atoms with Crippen LogP contribution >= 0.6 is 0 Å². The van der Waals surface area contributed by atoms with Gasteiger partial charge in [0.05, 0.1) is 0 Å². The number of hydrogen-bond donors (Lipinski definition) is 0. The third-order valence-corrected chi connectivity index (χ3v) is 5.90. The molecule has 0 saturated carbocycles. The Bertz CT molecular complexity index is 989. The maximum Gasteiger partial charge on any atom is 0.135 e. The zero-order chi connectivity index (χ0) is 22.8. The molecule has 3 rings (SSSR count). The quantitative estimate of drug-likeness (QED) is 0.211. The molecule has 0 aromatic heterocycles. The van der Waals surface area contributed by atoms with Crippen LogP contribution in [0.25, 0.3) is 21.5 Å². The molecule has 0 bridgehead atoms. The van der Waals surface area contributed by atoms with Crippen LogP contribution in [0.4, 0.5) is 0 Å². The van der Waals surface area contributed by atoms with Gasteiger partial charge in [0, 0.05) is 21.5 Å². The summed E-state index contributed by atoms with van der Waals surface area (Å²) in [6.07, 6.45) is 15.2. The van der Waals surface area contributed by atoms with Gasteiger partial charge in [0.15, 0.2) is 0 Å². The van der Waals surface area contributed by atoms with Gasteiger partial charge in [0.1, 0.15) is 24.7 Å². The van der Waals surface area contributed by atoms with E-state index in [0.717, 1.165) is 71.6 Å². The van der Waals surface area contributed by atoms with E-state index in [9.17, 15) is 0 Å². The van der Waals surface area contributed by atoms with Gasteiger partial charge in [-0.1, -0.05) is 89.1 Å². The predicted octanol–water partition coefficient (Wildman–Crippen LogP) is 8.59. The second kappa shape index (κ2) is 12.3. The Morgan fingerprint density at radius 2 is 1.03 bits per heavy atom. The molecule has 0 aliphatic carbocycles. The lowest BCUT2D eigenvalue weighted by atomic mass is 9.93. The summed E-state index contributed by atoms with van der Waals surface area (Å²) in [6.45, 7) is 10.0. The Morgan fingerprint density at radius 1 is 0.594 bits per heavy atom. The van der Waals surface area contributed by atoms with Crippen molar-refractivity contribution in [2.75, 3.05) is 13.2 Å². The van der Waals surface area contributed by atoms with Gasteiger partial charge >= 0.3 is 0 Å². The Balaban J connectivity index is 2.16. The van der Waals surface area contributed by atoms with Crippen molar-refractivity contribution in [3.8, 4) is 11.5 Å². The SMILES string of the molecule is CCC/C=C/COc1c2ccccc2c(OC/C=C/CCC)c2cc(CC)c(CC)cc12. The molecule has 2 heteroatoms. The zero-order valence-electron chi connectivity index (χ0n) is 20.2. The van der Waals surface area contributed by atoms with E-state index >= 15 is 0 Å². The fourth-order valence-electron chi connectivity index (χ4n) is 4.17. The third kappa shape index (κ3) is 5.54. The monoisotopic (exact) mass is 430 g/mol. The molecule has 0 N–H and O–H groups in total. The van der Waals surface area contributed by atoms with Crippen LogP contribution in [-0.2, 0) is 12.8 Å². The Kier molecular flexibility index (Phi) is 9.22. The van der Waals surface area contributed by atoms with Gasteiger partial charge in [0.2, 0.25) is 0 Å². The summed E-state index contributed by atoms with van der Waals surface area (Å²) in [6, 6.07) is 13.1. The molecule has 170 valence electrons. The van der Waals surface area contributed by atoms with Crippen LogP contribution in [0, 0.1) is 0 Å². The summed E-state index contributed by atoms with van der Waals surface area (Å²) < 4.78 is 12.8. The lowest BCUT2D eigenvalue weighted by Gasteiger charge is -2.19. The topological polar surface area (TPSA) is 18.5 Å². The van der Waals surface area contributed by atoms with Crippen molar-refractivity contribution in [2.45, 2.75) is 66.2 Å². The third-order valence-electron chi connectivity index (χ3n) is 5.90. The predicted molar refractivity (Wildman–Crippen MR) is 139 cm³/mol. The summed E-state index contributed by atoms with van der Waals surface area (Å²) in [4.78, 5) is 0. The molecule has 0 radical (unpaired) electrons. The highest BCUT2D eigenvalue weighted by Crippen LogP contribution is 2.44. The second-order valence-electron chi connectivity index (χ2n) is 8.22. The van der Waals surface area contributed by atoms with E-state index in [4.69, 9.17) is 9.47 Å². The fraction of sp³-hybridized carbons (Fsp3) is 0.400. The van der Waals surface area contributed by atoms with E-state index in [1.54, 1.807) is 0 Å². The summed E-state index contributed by atoms with van der Waals surface area (Å²) in [5, 5.41) is 4.52. The molecule has 32 heavy (non-hydrogen) atoms. The van der Waals surface area contributed by atoms with E-state index in [0.29, 0.717) is 13.2 Å². The van der Waals surface area contributed by atoms with Gasteiger partial charge in [-0.15, -0.1) is 0 Å². The number of hydrogen-bond acceptors (Lipinski definition) is 2. The molecule has 0 saturated heterocycles. The number of unbranched alkanes of at least 4 members (excludes halogenated alkanes) is 2. The summed E-state index contributed by atoms with van der Waals surface area (Å²) in [5.74, 6) is 1.92. The van der Waals surface area contributed by atoms with Crippen molar-refractivity contribution < 1.29 is 9.47 Å². The summed E-state index contributed by atoms with van der Waals surface area (Å²) in [5.41, 5.74) is 2.77. The maximum absolute atomic E-state index is 6.41. The molecule has 0 amide bonds. The molecule has 0 unspecified atom stereocenters. The van der Waals surface area contributed by atoms with Gasteiger partial charge in [-0.25, -0.2) is 0 Å². The van der Waals surface area contributed by atoms with Crippen LogP contribution in [0.5, 0.6) is 11.5 Å². The fourth-order valence-corrected chi connectivity index (χ4v) is 4.17. The number of rotatable bonds is 12. The molecular weight excluding hydrogens is 392 g/mol. The number of fused-ring (bicyclic) bond motifs is 2. The molecule has 3 aromatic rings. The van der Waals surface area contributed by atoms with Crippen molar-refractivity contribution in [3.05, 3.63) is 71.8 Å². The number of benzene rings is 3. The molecule has 3 aromatic carbocycles. The van der Waals surface area contributed by atoms with Gasteiger partial charge in [0.25, 0.3) is 0 Å². The van der Waals surface area contributed by atoms with Crippen molar-refractivity contribution in [1.29, 1.82) is 0 Å².